The zero-order chi connectivity index (χ0) is 28.8. The van der Waals surface area contributed by atoms with Gasteiger partial charge in [-0.05, 0) is 114 Å². The molecule has 0 aliphatic carbocycles. The molecule has 1 saturated heterocycles. The highest BCUT2D eigenvalue weighted by atomic mass is 16.5. The van der Waals surface area contributed by atoms with Crippen LogP contribution in [0.2, 0.25) is 0 Å². The first-order valence-corrected chi connectivity index (χ1v) is 15.0. The summed E-state index contributed by atoms with van der Waals surface area (Å²) >= 11 is 0. The third kappa shape index (κ3) is 7.83. The van der Waals surface area contributed by atoms with Crippen LogP contribution in [0, 0.1) is 5.92 Å². The van der Waals surface area contributed by atoms with E-state index < -0.39 is 0 Å². The fourth-order valence-corrected chi connectivity index (χ4v) is 5.97. The number of nitrogens with one attached hydrogen (secondary N) is 2. The maximum Gasteiger partial charge on any atom is 0.227 e. The highest BCUT2D eigenvalue weighted by Crippen LogP contribution is 2.29. The Balaban J connectivity index is 1.47. The maximum absolute atomic E-state index is 13.0. The SMILES string of the molecule is COc1ccc2cc1CN(C)CCCCC(=O)C1CCN(CC1)Cc1cc(cc(NC(C)C)c1)Nc1nccc-2n1. The van der Waals surface area contributed by atoms with E-state index in [1.165, 1.54) is 5.56 Å². The Morgan fingerprint density at radius 1 is 1.02 bits per heavy atom. The van der Waals surface area contributed by atoms with E-state index >= 15 is 0 Å². The number of fused-ring (bicyclic) bond motifs is 8. The molecule has 3 aliphatic heterocycles. The number of ether oxygens (including phenoxy) is 1. The van der Waals surface area contributed by atoms with Gasteiger partial charge >= 0.3 is 0 Å². The summed E-state index contributed by atoms with van der Waals surface area (Å²) in [5.41, 5.74) is 6.24. The lowest BCUT2D eigenvalue weighted by atomic mass is 9.90. The number of nitrogens with zero attached hydrogens (tertiary/aromatic N) is 4. The Labute approximate surface area is 244 Å². The van der Waals surface area contributed by atoms with Crippen LogP contribution in [0.3, 0.4) is 0 Å². The summed E-state index contributed by atoms with van der Waals surface area (Å²) in [5, 5.41) is 7.02. The van der Waals surface area contributed by atoms with Crippen LogP contribution in [0.15, 0.2) is 48.7 Å². The van der Waals surface area contributed by atoms with Gasteiger partial charge in [0.15, 0.2) is 0 Å². The lowest BCUT2D eigenvalue weighted by Crippen LogP contribution is -2.36. The van der Waals surface area contributed by atoms with Crippen molar-refractivity contribution in [3.8, 4) is 17.0 Å². The summed E-state index contributed by atoms with van der Waals surface area (Å²) in [6.45, 7) is 8.75. The average molecular weight is 557 g/mol. The fourth-order valence-electron chi connectivity index (χ4n) is 5.97. The summed E-state index contributed by atoms with van der Waals surface area (Å²) in [5.74, 6) is 2.07. The predicted octanol–water partition coefficient (Wildman–Crippen LogP) is 6.11. The quantitative estimate of drug-likeness (QED) is 0.400. The number of piperidine rings is 1. The highest BCUT2D eigenvalue weighted by molar-refractivity contribution is 5.81. The molecule has 8 heteroatoms. The maximum atomic E-state index is 13.0. The number of Topliss-reactive ketones (excluding diaryl/α,β-unsaturated/α-hetero) is 1. The largest absolute Gasteiger partial charge is 0.496 e. The van der Waals surface area contributed by atoms with E-state index in [1.807, 2.05) is 24.4 Å². The molecule has 2 N–H and O–H groups in total. The Bertz CT molecular complexity index is 1340. The number of ketones is 1. The molecule has 6 rings (SSSR count). The zero-order valence-corrected chi connectivity index (χ0v) is 24.9. The van der Waals surface area contributed by atoms with Crippen molar-refractivity contribution in [1.29, 1.82) is 0 Å². The van der Waals surface area contributed by atoms with Crippen LogP contribution >= 0.6 is 0 Å². The number of benzene rings is 2. The summed E-state index contributed by atoms with van der Waals surface area (Å²) in [6.07, 6.45) is 6.34. The minimum absolute atomic E-state index is 0.199. The molecule has 2 aromatic carbocycles. The Morgan fingerprint density at radius 2 is 1.85 bits per heavy atom. The Hall–Kier alpha value is -3.49. The molecule has 4 heterocycles. The first-order chi connectivity index (χ1) is 19.9. The van der Waals surface area contributed by atoms with Gasteiger partial charge in [-0.2, -0.15) is 0 Å². The van der Waals surface area contributed by atoms with E-state index in [2.05, 4.69) is 70.6 Å². The molecular weight excluding hydrogens is 512 g/mol. The van der Waals surface area contributed by atoms with Crippen molar-refractivity contribution < 1.29 is 9.53 Å². The first-order valence-electron chi connectivity index (χ1n) is 15.0. The third-order valence-corrected chi connectivity index (χ3v) is 8.04. The first kappa shape index (κ1) is 29.0. The van der Waals surface area contributed by atoms with Gasteiger partial charge in [-0.25, -0.2) is 9.97 Å². The van der Waals surface area contributed by atoms with Crippen molar-refractivity contribution in [2.75, 3.05) is 44.4 Å². The van der Waals surface area contributed by atoms with E-state index in [0.29, 0.717) is 24.2 Å². The molecule has 3 aromatic rings. The zero-order valence-electron chi connectivity index (χ0n) is 24.9. The van der Waals surface area contributed by atoms with Crippen molar-refractivity contribution in [2.24, 2.45) is 5.92 Å². The van der Waals surface area contributed by atoms with E-state index in [1.54, 1.807) is 7.11 Å². The molecule has 0 amide bonds. The average Bonchev–Trinajstić information content (AvgIpc) is 2.95. The molecule has 218 valence electrons. The highest BCUT2D eigenvalue weighted by Gasteiger charge is 2.25. The van der Waals surface area contributed by atoms with Gasteiger partial charge in [0, 0.05) is 60.2 Å². The number of hydrogen-bond donors (Lipinski definition) is 2. The lowest BCUT2D eigenvalue weighted by molar-refractivity contribution is -0.124. The number of aromatic nitrogens is 2. The van der Waals surface area contributed by atoms with Gasteiger partial charge in [0.25, 0.3) is 0 Å². The molecule has 1 fully saturated rings. The van der Waals surface area contributed by atoms with Gasteiger partial charge in [0.05, 0.1) is 12.8 Å². The smallest absolute Gasteiger partial charge is 0.227 e. The van der Waals surface area contributed by atoms with Crippen molar-refractivity contribution in [1.82, 2.24) is 19.8 Å². The number of methoxy groups -OCH3 is 1. The van der Waals surface area contributed by atoms with E-state index in [0.717, 1.165) is 92.4 Å². The van der Waals surface area contributed by atoms with Crippen LogP contribution in [-0.2, 0) is 17.9 Å². The second kappa shape index (κ2) is 13.4. The monoisotopic (exact) mass is 556 g/mol. The second-order valence-corrected chi connectivity index (χ2v) is 11.8. The second-order valence-electron chi connectivity index (χ2n) is 11.8. The minimum atomic E-state index is 0.199. The number of anilines is 3. The van der Waals surface area contributed by atoms with E-state index in [4.69, 9.17) is 9.72 Å². The van der Waals surface area contributed by atoms with Crippen LogP contribution in [0.5, 0.6) is 5.75 Å². The van der Waals surface area contributed by atoms with Crippen molar-refractivity contribution in [3.05, 3.63) is 59.8 Å². The number of carbonyl (C=O) groups excluding carboxylic acids is 1. The van der Waals surface area contributed by atoms with Crippen LogP contribution in [0.25, 0.3) is 11.3 Å². The van der Waals surface area contributed by atoms with Gasteiger partial charge in [0.2, 0.25) is 5.95 Å². The molecule has 3 aliphatic rings. The summed E-state index contributed by atoms with van der Waals surface area (Å²) in [7, 11) is 3.85. The van der Waals surface area contributed by atoms with Gasteiger partial charge in [-0.1, -0.05) is 0 Å². The topological polar surface area (TPSA) is 82.6 Å². The molecule has 0 spiro atoms. The van der Waals surface area contributed by atoms with Crippen LogP contribution < -0.4 is 15.4 Å². The van der Waals surface area contributed by atoms with Gasteiger partial charge in [-0.15, -0.1) is 0 Å². The minimum Gasteiger partial charge on any atom is -0.496 e. The number of rotatable bonds is 3. The fraction of sp³-hybridized carbons (Fsp3) is 0.485. The predicted molar refractivity (Wildman–Crippen MR) is 166 cm³/mol. The molecular formula is C33H44N6O2. The standard InChI is InChI=1S/C33H44N6O2/c1-23(2)35-28-17-24-18-29(20-28)36-33-34-13-10-30(37-33)26-8-9-32(41-4)27(19-26)22-38(3)14-6-5-7-31(40)25-11-15-39(21-24)16-12-25/h8-10,13,17-20,23,25,35H,5-7,11-12,14-16,21-22H2,1-4H3,(H,34,36,37). The van der Waals surface area contributed by atoms with Crippen molar-refractivity contribution in [3.63, 3.8) is 0 Å². The van der Waals surface area contributed by atoms with Crippen molar-refractivity contribution in [2.45, 2.75) is 65.1 Å². The third-order valence-electron chi connectivity index (χ3n) is 8.04. The molecule has 8 bridgehead atoms. The Morgan fingerprint density at radius 3 is 2.63 bits per heavy atom. The van der Waals surface area contributed by atoms with Gasteiger partial charge < -0.3 is 20.3 Å². The molecule has 0 unspecified atom stereocenters. The molecule has 1 aromatic heterocycles. The van der Waals surface area contributed by atoms with Crippen LogP contribution in [0.1, 0.15) is 57.1 Å². The normalized spacial score (nSPS) is 20.6. The van der Waals surface area contributed by atoms with E-state index in [-0.39, 0.29) is 5.92 Å². The molecule has 0 saturated carbocycles. The van der Waals surface area contributed by atoms with Gasteiger partial charge in [0.1, 0.15) is 11.5 Å². The van der Waals surface area contributed by atoms with E-state index in [9.17, 15) is 4.79 Å². The molecule has 41 heavy (non-hydrogen) atoms. The summed E-state index contributed by atoms with van der Waals surface area (Å²) in [4.78, 5) is 27.2. The van der Waals surface area contributed by atoms with Crippen molar-refractivity contribution >= 4 is 23.1 Å². The van der Waals surface area contributed by atoms with Gasteiger partial charge in [-0.3, -0.25) is 9.69 Å². The van der Waals surface area contributed by atoms with Crippen LogP contribution in [-0.4, -0.2) is 65.4 Å². The molecule has 8 nitrogen and oxygen atoms in total. The summed E-state index contributed by atoms with van der Waals surface area (Å²) < 4.78 is 5.69. The Kier molecular flexibility index (Phi) is 9.52. The number of hydrogen-bond acceptors (Lipinski definition) is 8. The molecule has 0 radical (unpaired) electrons. The summed E-state index contributed by atoms with van der Waals surface area (Å²) in [6, 6.07) is 15.0. The van der Waals surface area contributed by atoms with Crippen LogP contribution in [0.4, 0.5) is 17.3 Å². The molecule has 0 atom stereocenters. The lowest BCUT2D eigenvalue weighted by Gasteiger charge is -2.31. The number of carbonyl (C=O) groups is 1.